The number of hydrogen-bond donors (Lipinski definition) is 1. The normalized spacial score (nSPS) is 20.2. The van der Waals surface area contributed by atoms with Gasteiger partial charge in [-0.05, 0) is 55.4 Å². The summed E-state index contributed by atoms with van der Waals surface area (Å²) >= 11 is 1.82. The van der Waals surface area contributed by atoms with E-state index < -0.39 is 9.84 Å². The van der Waals surface area contributed by atoms with E-state index in [9.17, 15) is 13.2 Å². The Bertz CT molecular complexity index is 923. The molecule has 30 heavy (non-hydrogen) atoms. The first kappa shape index (κ1) is 21.3. The average Bonchev–Trinajstić information content (AvgIpc) is 3.26. The third kappa shape index (κ3) is 5.59. The Balaban J connectivity index is 1.21. The SMILES string of the molecule is O=C(c1ccc(NCC2CCN(Cc3cccs3)CC2)nc1)N1CCS(=O)(=O)CC1. The predicted octanol–water partition coefficient (Wildman–Crippen LogP) is 2.34. The molecular formula is C21H28N4O3S2. The Morgan fingerprint density at radius 2 is 1.90 bits per heavy atom. The van der Waals surface area contributed by atoms with Crippen LogP contribution in [0.1, 0.15) is 28.1 Å². The van der Waals surface area contributed by atoms with Gasteiger partial charge in [0.2, 0.25) is 0 Å². The standard InChI is InChI=1S/C21H28N4O3S2/c26-21(25-9-12-30(27,28)13-10-25)18-3-4-20(23-15-18)22-14-17-5-7-24(8-6-17)16-19-2-1-11-29-19/h1-4,11,15,17H,5-10,12-14,16H2,(H,22,23). The molecule has 2 aromatic heterocycles. The number of pyridine rings is 1. The summed E-state index contributed by atoms with van der Waals surface area (Å²) in [6.07, 6.45) is 3.93. The number of carbonyl (C=O) groups is 1. The van der Waals surface area contributed by atoms with Crippen LogP contribution in [0.2, 0.25) is 0 Å². The van der Waals surface area contributed by atoms with Crippen LogP contribution in [0.25, 0.3) is 0 Å². The third-order valence-electron chi connectivity index (χ3n) is 5.88. The predicted molar refractivity (Wildman–Crippen MR) is 120 cm³/mol. The van der Waals surface area contributed by atoms with Gasteiger partial charge in [-0.15, -0.1) is 11.3 Å². The van der Waals surface area contributed by atoms with Crippen LogP contribution in [0.15, 0.2) is 35.8 Å². The maximum atomic E-state index is 12.5. The Labute approximate surface area is 182 Å². The van der Waals surface area contributed by atoms with Crippen LogP contribution in [-0.2, 0) is 16.4 Å². The fourth-order valence-corrected chi connectivity index (χ4v) is 5.89. The van der Waals surface area contributed by atoms with E-state index in [1.165, 1.54) is 17.7 Å². The molecule has 0 bridgehead atoms. The van der Waals surface area contributed by atoms with Crippen molar-refractivity contribution >= 4 is 32.9 Å². The maximum Gasteiger partial charge on any atom is 0.255 e. The smallest absolute Gasteiger partial charge is 0.255 e. The number of aromatic nitrogens is 1. The second kappa shape index (κ2) is 9.45. The summed E-state index contributed by atoms with van der Waals surface area (Å²) in [5.41, 5.74) is 0.502. The van der Waals surface area contributed by atoms with E-state index >= 15 is 0 Å². The Morgan fingerprint density at radius 3 is 2.53 bits per heavy atom. The second-order valence-electron chi connectivity index (χ2n) is 8.06. The molecule has 0 aromatic carbocycles. The van der Waals surface area contributed by atoms with Gasteiger partial charge in [0.15, 0.2) is 9.84 Å². The van der Waals surface area contributed by atoms with E-state index in [1.54, 1.807) is 17.2 Å². The molecule has 0 unspecified atom stereocenters. The quantitative estimate of drug-likeness (QED) is 0.730. The zero-order chi connectivity index (χ0) is 21.0. The Hall–Kier alpha value is -1.97. The first-order valence-corrected chi connectivity index (χ1v) is 13.1. The molecule has 2 aromatic rings. The van der Waals surface area contributed by atoms with Gasteiger partial charge >= 0.3 is 0 Å². The molecule has 2 saturated heterocycles. The van der Waals surface area contributed by atoms with Crippen molar-refractivity contribution in [3.8, 4) is 0 Å². The fourth-order valence-electron chi connectivity index (χ4n) is 3.94. The molecule has 9 heteroatoms. The van der Waals surface area contributed by atoms with Crippen LogP contribution in [0.5, 0.6) is 0 Å². The molecule has 2 aliphatic rings. The highest BCUT2D eigenvalue weighted by Crippen LogP contribution is 2.21. The van der Waals surface area contributed by atoms with Crippen molar-refractivity contribution in [1.29, 1.82) is 0 Å². The summed E-state index contributed by atoms with van der Waals surface area (Å²) in [5, 5.41) is 5.53. The molecule has 0 saturated carbocycles. The van der Waals surface area contributed by atoms with Crippen LogP contribution in [0.3, 0.4) is 0 Å². The summed E-state index contributed by atoms with van der Waals surface area (Å²) < 4.78 is 23.1. The first-order chi connectivity index (χ1) is 14.5. The lowest BCUT2D eigenvalue weighted by Crippen LogP contribution is -2.43. The molecule has 4 rings (SSSR count). The highest BCUT2D eigenvalue weighted by atomic mass is 32.2. The van der Waals surface area contributed by atoms with Crippen molar-refractivity contribution in [2.24, 2.45) is 5.92 Å². The average molecular weight is 449 g/mol. The number of piperidine rings is 1. The fraction of sp³-hybridized carbons (Fsp3) is 0.524. The lowest BCUT2D eigenvalue weighted by atomic mass is 9.97. The minimum Gasteiger partial charge on any atom is -0.370 e. The lowest BCUT2D eigenvalue weighted by Gasteiger charge is -2.31. The molecule has 2 aliphatic heterocycles. The van der Waals surface area contributed by atoms with E-state index in [1.807, 2.05) is 17.4 Å². The summed E-state index contributed by atoms with van der Waals surface area (Å²) in [4.78, 5) is 22.5. The van der Waals surface area contributed by atoms with Gasteiger partial charge in [-0.2, -0.15) is 0 Å². The van der Waals surface area contributed by atoms with Crippen LogP contribution in [0.4, 0.5) is 5.82 Å². The molecule has 0 atom stereocenters. The molecule has 0 aliphatic carbocycles. The number of sulfone groups is 1. The van der Waals surface area contributed by atoms with Gasteiger partial charge in [-0.25, -0.2) is 13.4 Å². The topological polar surface area (TPSA) is 82.6 Å². The van der Waals surface area contributed by atoms with Crippen molar-refractivity contribution in [2.75, 3.05) is 49.5 Å². The van der Waals surface area contributed by atoms with Crippen molar-refractivity contribution in [1.82, 2.24) is 14.8 Å². The maximum absolute atomic E-state index is 12.5. The molecule has 2 fully saturated rings. The number of rotatable bonds is 6. The van der Waals surface area contributed by atoms with Crippen molar-refractivity contribution in [3.63, 3.8) is 0 Å². The summed E-state index contributed by atoms with van der Waals surface area (Å²) in [7, 11) is -3.00. The van der Waals surface area contributed by atoms with Crippen molar-refractivity contribution < 1.29 is 13.2 Å². The molecular weight excluding hydrogens is 420 g/mol. The van der Waals surface area contributed by atoms with Gasteiger partial charge in [0.1, 0.15) is 5.82 Å². The van der Waals surface area contributed by atoms with Gasteiger partial charge in [0.25, 0.3) is 5.91 Å². The number of hydrogen-bond acceptors (Lipinski definition) is 7. The molecule has 0 spiro atoms. The van der Waals surface area contributed by atoms with Gasteiger partial charge < -0.3 is 10.2 Å². The van der Waals surface area contributed by atoms with Crippen LogP contribution in [0, 0.1) is 5.92 Å². The second-order valence-corrected chi connectivity index (χ2v) is 11.4. The number of nitrogens with one attached hydrogen (secondary N) is 1. The molecule has 4 heterocycles. The number of anilines is 1. The van der Waals surface area contributed by atoms with Crippen LogP contribution < -0.4 is 5.32 Å². The first-order valence-electron chi connectivity index (χ1n) is 10.4. The number of amides is 1. The van der Waals surface area contributed by atoms with Crippen molar-refractivity contribution in [2.45, 2.75) is 19.4 Å². The highest BCUT2D eigenvalue weighted by molar-refractivity contribution is 7.91. The molecule has 7 nitrogen and oxygen atoms in total. The summed E-state index contributed by atoms with van der Waals surface area (Å²) in [6.45, 7) is 4.70. The summed E-state index contributed by atoms with van der Waals surface area (Å²) in [6, 6.07) is 7.91. The Morgan fingerprint density at radius 1 is 1.13 bits per heavy atom. The van der Waals surface area contributed by atoms with Gasteiger partial charge in [0.05, 0.1) is 17.1 Å². The Kier molecular flexibility index (Phi) is 6.70. The van der Waals surface area contributed by atoms with E-state index in [4.69, 9.17) is 0 Å². The minimum atomic E-state index is -3.00. The molecule has 162 valence electrons. The van der Waals surface area contributed by atoms with Crippen LogP contribution >= 0.6 is 11.3 Å². The zero-order valence-electron chi connectivity index (χ0n) is 17.0. The van der Waals surface area contributed by atoms with Crippen LogP contribution in [-0.4, -0.2) is 73.3 Å². The van der Waals surface area contributed by atoms with E-state index in [0.29, 0.717) is 11.5 Å². The summed E-state index contributed by atoms with van der Waals surface area (Å²) in [5.74, 6) is 1.33. The number of likely N-dealkylation sites (tertiary alicyclic amines) is 1. The monoisotopic (exact) mass is 448 g/mol. The van der Waals surface area contributed by atoms with Crippen molar-refractivity contribution in [3.05, 3.63) is 46.3 Å². The molecule has 1 amide bonds. The highest BCUT2D eigenvalue weighted by Gasteiger charge is 2.26. The number of nitrogens with zero attached hydrogens (tertiary/aromatic N) is 3. The lowest BCUT2D eigenvalue weighted by molar-refractivity contribution is 0.0770. The minimum absolute atomic E-state index is 0.0396. The van der Waals surface area contributed by atoms with Gasteiger partial charge in [0, 0.05) is 37.3 Å². The van der Waals surface area contributed by atoms with Gasteiger partial charge in [-0.3, -0.25) is 9.69 Å². The molecule has 0 radical (unpaired) electrons. The largest absolute Gasteiger partial charge is 0.370 e. The third-order valence-corrected chi connectivity index (χ3v) is 8.35. The van der Waals surface area contributed by atoms with E-state index in [-0.39, 0.29) is 30.5 Å². The van der Waals surface area contributed by atoms with E-state index in [0.717, 1.165) is 32.0 Å². The van der Waals surface area contributed by atoms with E-state index in [2.05, 4.69) is 32.7 Å². The number of thiophene rings is 1. The van der Waals surface area contributed by atoms with Gasteiger partial charge in [-0.1, -0.05) is 6.07 Å². The zero-order valence-corrected chi connectivity index (χ0v) is 18.6. The molecule has 1 N–H and O–H groups in total. The number of carbonyl (C=O) groups excluding carboxylic acids is 1.